The van der Waals surface area contributed by atoms with Gasteiger partial charge in [-0.1, -0.05) is 51.9 Å². The summed E-state index contributed by atoms with van der Waals surface area (Å²) in [4.78, 5) is 14.3. The van der Waals surface area contributed by atoms with Crippen molar-refractivity contribution in [3.05, 3.63) is 0 Å². The molecule has 0 atom stereocenters. The van der Waals surface area contributed by atoms with Crippen LogP contribution in [0.3, 0.4) is 0 Å². The highest BCUT2D eigenvalue weighted by atomic mass is 16.1. The Hall–Kier alpha value is -0.570. The van der Waals surface area contributed by atoms with Gasteiger partial charge in [-0.25, -0.2) is 0 Å². The van der Waals surface area contributed by atoms with Crippen LogP contribution in [0.15, 0.2) is 0 Å². The first-order valence-corrected chi connectivity index (χ1v) is 9.82. The van der Waals surface area contributed by atoms with Gasteiger partial charge in [0, 0.05) is 13.0 Å². The topological polar surface area (TPSA) is 32.3 Å². The zero-order valence-electron chi connectivity index (χ0n) is 14.9. The van der Waals surface area contributed by atoms with Gasteiger partial charge in [0.05, 0.1) is 0 Å². The van der Waals surface area contributed by atoms with Crippen LogP contribution in [0.25, 0.3) is 0 Å². The van der Waals surface area contributed by atoms with Gasteiger partial charge in [0.2, 0.25) is 5.91 Å². The smallest absolute Gasteiger partial charge is 0.219 e. The number of piperidine rings is 1. The Kier molecular flexibility index (Phi) is 12.4. The van der Waals surface area contributed by atoms with E-state index in [1.165, 1.54) is 83.8 Å². The first-order valence-electron chi connectivity index (χ1n) is 9.82. The molecule has 0 aromatic carbocycles. The van der Waals surface area contributed by atoms with Crippen molar-refractivity contribution in [2.24, 2.45) is 0 Å². The predicted octanol–water partition coefficient (Wildman–Crippen LogP) is 4.51. The van der Waals surface area contributed by atoms with Crippen molar-refractivity contribution in [1.82, 2.24) is 10.2 Å². The van der Waals surface area contributed by atoms with Crippen LogP contribution in [0, 0.1) is 0 Å². The molecule has 0 aromatic heterocycles. The van der Waals surface area contributed by atoms with Gasteiger partial charge in [0.15, 0.2) is 0 Å². The molecule has 0 aliphatic carbocycles. The molecule has 0 saturated carbocycles. The summed E-state index contributed by atoms with van der Waals surface area (Å²) in [7, 11) is 0. The number of nitrogens with zero attached hydrogens (tertiary/aromatic N) is 1. The number of hydrogen-bond acceptors (Lipinski definition) is 2. The van der Waals surface area contributed by atoms with E-state index in [0.29, 0.717) is 0 Å². The minimum atomic E-state index is 0.256. The molecular formula is C19H38N2O. The number of unbranched alkanes of at least 4 members (excludes halogenated alkanes) is 7. The summed E-state index contributed by atoms with van der Waals surface area (Å²) in [5.74, 6) is 0.256. The monoisotopic (exact) mass is 310 g/mol. The van der Waals surface area contributed by atoms with Gasteiger partial charge in [0.1, 0.15) is 0 Å². The van der Waals surface area contributed by atoms with Crippen LogP contribution in [0.4, 0.5) is 0 Å². The van der Waals surface area contributed by atoms with Crippen LogP contribution in [-0.4, -0.2) is 37.0 Å². The van der Waals surface area contributed by atoms with Crippen LogP contribution in [-0.2, 0) is 4.79 Å². The largest absolute Gasteiger partial charge is 0.356 e. The normalized spacial score (nSPS) is 15.9. The van der Waals surface area contributed by atoms with Gasteiger partial charge < -0.3 is 10.2 Å². The molecule has 0 aromatic rings. The Balaban J connectivity index is 1.80. The van der Waals surface area contributed by atoms with E-state index in [9.17, 15) is 4.79 Å². The lowest BCUT2D eigenvalue weighted by Crippen LogP contribution is -2.30. The Labute approximate surface area is 138 Å². The molecule has 130 valence electrons. The predicted molar refractivity (Wildman–Crippen MR) is 95.1 cm³/mol. The second kappa shape index (κ2) is 14.0. The SMILES string of the molecule is CCCCCCCCNC(=O)CCCCCN1CCCCC1. The van der Waals surface area contributed by atoms with E-state index in [2.05, 4.69) is 17.1 Å². The molecule has 3 heteroatoms. The fraction of sp³-hybridized carbons (Fsp3) is 0.947. The summed E-state index contributed by atoms with van der Waals surface area (Å²) in [5.41, 5.74) is 0. The highest BCUT2D eigenvalue weighted by Crippen LogP contribution is 2.10. The maximum Gasteiger partial charge on any atom is 0.219 e. The van der Waals surface area contributed by atoms with Crippen LogP contribution >= 0.6 is 0 Å². The van der Waals surface area contributed by atoms with Gasteiger partial charge in [0.25, 0.3) is 0 Å². The second-order valence-corrected chi connectivity index (χ2v) is 6.83. The van der Waals surface area contributed by atoms with E-state index < -0.39 is 0 Å². The number of rotatable bonds is 13. The minimum absolute atomic E-state index is 0.256. The zero-order chi connectivity index (χ0) is 15.9. The number of nitrogens with one attached hydrogen (secondary N) is 1. The molecule has 0 radical (unpaired) electrons. The van der Waals surface area contributed by atoms with Crippen LogP contribution in [0.5, 0.6) is 0 Å². The standard InChI is InChI=1S/C19H38N2O/c1-2-3-4-5-6-10-15-20-19(22)14-9-7-11-16-21-17-12-8-13-18-21/h2-18H2,1H3,(H,20,22). The second-order valence-electron chi connectivity index (χ2n) is 6.83. The number of amides is 1. The molecule has 1 aliphatic heterocycles. The van der Waals surface area contributed by atoms with Crippen LogP contribution in [0.1, 0.15) is 90.4 Å². The Morgan fingerprint density at radius 1 is 0.864 bits per heavy atom. The third-order valence-electron chi connectivity index (χ3n) is 4.68. The summed E-state index contributed by atoms with van der Waals surface area (Å²) in [5, 5.41) is 3.06. The molecule has 1 saturated heterocycles. The average Bonchev–Trinajstić information content (AvgIpc) is 2.54. The van der Waals surface area contributed by atoms with Gasteiger partial charge in [-0.05, 0) is 51.7 Å². The molecule has 0 bridgehead atoms. The highest BCUT2D eigenvalue weighted by molar-refractivity contribution is 5.75. The third kappa shape index (κ3) is 11.1. The lowest BCUT2D eigenvalue weighted by molar-refractivity contribution is -0.121. The van der Waals surface area contributed by atoms with E-state index in [0.717, 1.165) is 25.8 Å². The minimum Gasteiger partial charge on any atom is -0.356 e. The van der Waals surface area contributed by atoms with Gasteiger partial charge in [-0.3, -0.25) is 4.79 Å². The summed E-state index contributed by atoms with van der Waals surface area (Å²) in [6.07, 6.45) is 16.1. The molecule has 0 unspecified atom stereocenters. The lowest BCUT2D eigenvalue weighted by atomic mass is 10.1. The van der Waals surface area contributed by atoms with Crippen molar-refractivity contribution < 1.29 is 4.79 Å². The number of carbonyl (C=O) groups excluding carboxylic acids is 1. The van der Waals surface area contributed by atoms with Crippen molar-refractivity contribution in [2.75, 3.05) is 26.2 Å². The first-order chi connectivity index (χ1) is 10.8. The van der Waals surface area contributed by atoms with E-state index in [-0.39, 0.29) is 5.91 Å². The molecular weight excluding hydrogens is 272 g/mol. The van der Waals surface area contributed by atoms with Crippen molar-refractivity contribution >= 4 is 5.91 Å². The molecule has 3 nitrogen and oxygen atoms in total. The fourth-order valence-electron chi connectivity index (χ4n) is 3.20. The number of hydrogen-bond donors (Lipinski definition) is 1. The average molecular weight is 311 g/mol. The van der Waals surface area contributed by atoms with Gasteiger partial charge >= 0.3 is 0 Å². The maximum absolute atomic E-state index is 11.7. The summed E-state index contributed by atoms with van der Waals surface area (Å²) < 4.78 is 0. The molecule has 0 spiro atoms. The maximum atomic E-state index is 11.7. The Morgan fingerprint density at radius 3 is 2.32 bits per heavy atom. The molecule has 1 fully saturated rings. The number of carbonyl (C=O) groups is 1. The molecule has 1 heterocycles. The van der Waals surface area contributed by atoms with Gasteiger partial charge in [-0.15, -0.1) is 0 Å². The van der Waals surface area contributed by atoms with E-state index in [4.69, 9.17) is 0 Å². The molecule has 22 heavy (non-hydrogen) atoms. The van der Waals surface area contributed by atoms with Crippen LogP contribution < -0.4 is 5.32 Å². The summed E-state index contributed by atoms with van der Waals surface area (Å²) in [6.45, 7) is 6.93. The quantitative estimate of drug-likeness (QED) is 0.508. The first kappa shape index (κ1) is 19.5. The van der Waals surface area contributed by atoms with Crippen molar-refractivity contribution in [3.63, 3.8) is 0 Å². The van der Waals surface area contributed by atoms with Crippen molar-refractivity contribution in [2.45, 2.75) is 90.4 Å². The molecule has 1 amide bonds. The lowest BCUT2D eigenvalue weighted by Gasteiger charge is -2.26. The third-order valence-corrected chi connectivity index (χ3v) is 4.68. The van der Waals surface area contributed by atoms with Crippen LogP contribution in [0.2, 0.25) is 0 Å². The van der Waals surface area contributed by atoms with Crippen molar-refractivity contribution in [3.8, 4) is 0 Å². The van der Waals surface area contributed by atoms with Crippen molar-refractivity contribution in [1.29, 1.82) is 0 Å². The highest BCUT2D eigenvalue weighted by Gasteiger charge is 2.09. The van der Waals surface area contributed by atoms with E-state index >= 15 is 0 Å². The Morgan fingerprint density at radius 2 is 1.55 bits per heavy atom. The number of likely N-dealkylation sites (tertiary alicyclic amines) is 1. The molecule has 1 aliphatic rings. The Bertz CT molecular complexity index is 262. The molecule has 1 N–H and O–H groups in total. The summed E-state index contributed by atoms with van der Waals surface area (Å²) in [6, 6.07) is 0. The van der Waals surface area contributed by atoms with E-state index in [1.807, 2.05) is 0 Å². The summed E-state index contributed by atoms with van der Waals surface area (Å²) >= 11 is 0. The fourth-order valence-corrected chi connectivity index (χ4v) is 3.20. The van der Waals surface area contributed by atoms with Gasteiger partial charge in [-0.2, -0.15) is 0 Å². The zero-order valence-corrected chi connectivity index (χ0v) is 14.9. The van der Waals surface area contributed by atoms with E-state index in [1.54, 1.807) is 0 Å². The molecule has 1 rings (SSSR count).